The molecule has 2 aromatic rings. The number of hydrogen-bond acceptors (Lipinski definition) is 6. The smallest absolute Gasteiger partial charge is 0.294 e. The molecule has 0 aliphatic carbocycles. The number of para-hydroxylation sites is 2. The normalized spacial score (nSPS) is 9.96. The van der Waals surface area contributed by atoms with Gasteiger partial charge in [-0.1, -0.05) is 24.3 Å². The molecule has 1 amide bonds. The minimum atomic E-state index is -0.859. The van der Waals surface area contributed by atoms with E-state index in [2.05, 4.69) is 10.2 Å². The summed E-state index contributed by atoms with van der Waals surface area (Å²) in [6.45, 7) is 0.464. The number of nitrogens with zero attached hydrogens (tertiary/aromatic N) is 1. The predicted octanol–water partition coefficient (Wildman–Crippen LogP) is 2.21. The number of methoxy groups -OCH3 is 1. The van der Waals surface area contributed by atoms with E-state index in [9.17, 15) is 14.9 Å². The number of hydrogen-bond donors (Lipinski definition) is 1. The first-order chi connectivity index (χ1) is 12.1. The van der Waals surface area contributed by atoms with Crippen LogP contribution in [0.5, 0.6) is 11.5 Å². The van der Waals surface area contributed by atoms with Gasteiger partial charge < -0.3 is 19.6 Å². The Bertz CT molecular complexity index is 717. The van der Waals surface area contributed by atoms with Crippen LogP contribution in [0.25, 0.3) is 0 Å². The average molecular weight is 346 g/mol. The molecule has 1 N–H and O–H groups in total. The van der Waals surface area contributed by atoms with E-state index in [4.69, 9.17) is 9.47 Å². The minimum Gasteiger partial charge on any atom is -0.493 e. The van der Waals surface area contributed by atoms with Crippen LogP contribution >= 0.6 is 0 Å². The third-order valence-electron chi connectivity index (χ3n) is 3.27. The summed E-state index contributed by atoms with van der Waals surface area (Å²) in [6, 6.07) is 13.6. The molecule has 25 heavy (non-hydrogen) atoms. The van der Waals surface area contributed by atoms with Crippen LogP contribution in [0.4, 0.5) is 0 Å². The highest BCUT2D eigenvalue weighted by molar-refractivity contribution is 5.94. The van der Waals surface area contributed by atoms with E-state index in [0.29, 0.717) is 35.8 Å². The van der Waals surface area contributed by atoms with E-state index in [-0.39, 0.29) is 12.5 Å². The second-order valence-electron chi connectivity index (χ2n) is 4.95. The molecule has 2 rings (SSSR count). The molecule has 132 valence electrons. The Balaban J connectivity index is 1.77. The van der Waals surface area contributed by atoms with E-state index in [1.807, 2.05) is 12.1 Å². The van der Waals surface area contributed by atoms with Gasteiger partial charge in [0, 0.05) is 5.56 Å². The van der Waals surface area contributed by atoms with Crippen molar-refractivity contribution in [2.75, 3.05) is 20.3 Å². The zero-order valence-corrected chi connectivity index (χ0v) is 13.6. The number of carbonyl (C=O) groups excluding carboxylic acids is 1. The van der Waals surface area contributed by atoms with Gasteiger partial charge in [-0.3, -0.25) is 4.79 Å². The minimum absolute atomic E-state index is 0.151. The zero-order chi connectivity index (χ0) is 18.1. The maximum atomic E-state index is 12.0. The second-order valence-corrected chi connectivity index (χ2v) is 4.95. The van der Waals surface area contributed by atoms with Crippen molar-refractivity contribution in [1.82, 2.24) is 5.32 Å². The van der Waals surface area contributed by atoms with E-state index in [1.165, 1.54) is 0 Å². The Morgan fingerprint density at radius 3 is 2.44 bits per heavy atom. The Kier molecular flexibility index (Phi) is 6.58. The first-order valence-corrected chi connectivity index (χ1v) is 7.50. The summed E-state index contributed by atoms with van der Waals surface area (Å²) >= 11 is 0. The van der Waals surface area contributed by atoms with Crippen LogP contribution in [0, 0.1) is 10.1 Å². The summed E-state index contributed by atoms with van der Waals surface area (Å²) in [7, 11) is 1.56. The van der Waals surface area contributed by atoms with Gasteiger partial charge in [0.15, 0.2) is 11.5 Å². The van der Waals surface area contributed by atoms with Gasteiger partial charge >= 0.3 is 0 Å². The summed E-state index contributed by atoms with van der Waals surface area (Å²) < 4.78 is 10.7. The molecule has 0 radical (unpaired) electrons. The predicted molar refractivity (Wildman–Crippen MR) is 89.0 cm³/mol. The van der Waals surface area contributed by atoms with E-state index in [1.54, 1.807) is 43.5 Å². The summed E-state index contributed by atoms with van der Waals surface area (Å²) in [6.07, 6.45) is 0. The van der Waals surface area contributed by atoms with Gasteiger partial charge in [-0.05, 0) is 29.8 Å². The largest absolute Gasteiger partial charge is 0.493 e. The van der Waals surface area contributed by atoms with Crippen molar-refractivity contribution in [2.24, 2.45) is 0 Å². The molecular formula is C17H18N2O6. The standard InChI is InChI=1S/C17H18N2O6/c1-23-15-4-2-3-5-16(15)24-11-10-18-17(20)14-8-6-13(7-9-14)12-25-19(21)22/h2-9H,10-12H2,1H3,(H,18,20). The molecule has 0 saturated carbocycles. The monoisotopic (exact) mass is 346 g/mol. The van der Waals surface area contributed by atoms with Gasteiger partial charge in [-0.2, -0.15) is 0 Å². The summed E-state index contributed by atoms with van der Waals surface area (Å²) in [4.78, 5) is 26.4. The Morgan fingerprint density at radius 2 is 1.80 bits per heavy atom. The molecule has 0 spiro atoms. The van der Waals surface area contributed by atoms with Crippen LogP contribution in [0.15, 0.2) is 48.5 Å². The molecule has 0 fully saturated rings. The highest BCUT2D eigenvalue weighted by atomic mass is 16.9. The average Bonchev–Trinajstić information content (AvgIpc) is 2.64. The topological polar surface area (TPSA) is 99.9 Å². The van der Waals surface area contributed by atoms with Gasteiger partial charge in [0.25, 0.3) is 11.0 Å². The third kappa shape index (κ3) is 5.69. The molecule has 8 nitrogen and oxygen atoms in total. The van der Waals surface area contributed by atoms with Crippen LogP contribution in [0.2, 0.25) is 0 Å². The third-order valence-corrected chi connectivity index (χ3v) is 3.27. The molecule has 8 heteroatoms. The van der Waals surface area contributed by atoms with Crippen LogP contribution in [0.1, 0.15) is 15.9 Å². The molecule has 2 aromatic carbocycles. The Labute approximate surface area is 144 Å². The van der Waals surface area contributed by atoms with Gasteiger partial charge in [0.2, 0.25) is 0 Å². The first-order valence-electron chi connectivity index (χ1n) is 7.50. The number of benzene rings is 2. The molecule has 0 bridgehead atoms. The molecule has 0 aromatic heterocycles. The van der Waals surface area contributed by atoms with Gasteiger partial charge in [-0.15, -0.1) is 10.1 Å². The lowest BCUT2D eigenvalue weighted by Crippen LogP contribution is -2.28. The van der Waals surface area contributed by atoms with Crippen molar-refractivity contribution >= 4 is 5.91 Å². The van der Waals surface area contributed by atoms with E-state index >= 15 is 0 Å². The molecule has 0 aliphatic heterocycles. The fourth-order valence-corrected chi connectivity index (χ4v) is 2.05. The maximum Gasteiger partial charge on any atom is 0.294 e. The lowest BCUT2D eigenvalue weighted by molar-refractivity contribution is -0.763. The SMILES string of the molecule is COc1ccccc1OCCNC(=O)c1ccc(CO[N+](=O)[O-])cc1. The van der Waals surface area contributed by atoms with Gasteiger partial charge in [0.05, 0.1) is 13.7 Å². The lowest BCUT2D eigenvalue weighted by Gasteiger charge is -2.11. The van der Waals surface area contributed by atoms with Crippen LogP contribution in [0.3, 0.4) is 0 Å². The van der Waals surface area contributed by atoms with Crippen molar-refractivity contribution in [1.29, 1.82) is 0 Å². The number of amides is 1. The van der Waals surface area contributed by atoms with Gasteiger partial charge in [-0.25, -0.2) is 0 Å². The second kappa shape index (κ2) is 9.11. The van der Waals surface area contributed by atoms with E-state index in [0.717, 1.165) is 0 Å². The quantitative estimate of drug-likeness (QED) is 0.424. The van der Waals surface area contributed by atoms with Crippen molar-refractivity contribution < 1.29 is 24.2 Å². The Hall–Kier alpha value is -3.29. The molecule has 0 unspecified atom stereocenters. The first kappa shape index (κ1) is 18.1. The number of carbonyl (C=O) groups is 1. The number of ether oxygens (including phenoxy) is 2. The molecule has 0 atom stereocenters. The number of nitrogens with one attached hydrogen (secondary N) is 1. The summed E-state index contributed by atoms with van der Waals surface area (Å²) in [5, 5.41) is 12.0. The van der Waals surface area contributed by atoms with Crippen molar-refractivity contribution in [3.8, 4) is 11.5 Å². The summed E-state index contributed by atoms with van der Waals surface area (Å²) in [5.74, 6) is 0.973. The highest BCUT2D eigenvalue weighted by Crippen LogP contribution is 2.25. The molecule has 0 aliphatic rings. The van der Waals surface area contributed by atoms with Gasteiger partial charge in [0.1, 0.15) is 13.2 Å². The highest BCUT2D eigenvalue weighted by Gasteiger charge is 2.06. The lowest BCUT2D eigenvalue weighted by atomic mass is 10.1. The molecule has 0 saturated heterocycles. The Morgan fingerprint density at radius 1 is 1.12 bits per heavy atom. The van der Waals surface area contributed by atoms with Crippen molar-refractivity contribution in [2.45, 2.75) is 6.61 Å². The van der Waals surface area contributed by atoms with Crippen molar-refractivity contribution in [3.63, 3.8) is 0 Å². The van der Waals surface area contributed by atoms with Crippen molar-refractivity contribution in [3.05, 3.63) is 69.8 Å². The zero-order valence-electron chi connectivity index (χ0n) is 13.6. The number of rotatable bonds is 9. The van der Waals surface area contributed by atoms with Crippen LogP contribution in [-0.4, -0.2) is 31.3 Å². The van der Waals surface area contributed by atoms with Crippen LogP contribution in [-0.2, 0) is 11.4 Å². The fourth-order valence-electron chi connectivity index (χ4n) is 2.05. The molecule has 0 heterocycles. The fraction of sp³-hybridized carbons (Fsp3) is 0.235. The molecular weight excluding hydrogens is 328 g/mol. The van der Waals surface area contributed by atoms with E-state index < -0.39 is 5.09 Å². The van der Waals surface area contributed by atoms with Crippen LogP contribution < -0.4 is 14.8 Å². The maximum absolute atomic E-state index is 12.0. The summed E-state index contributed by atoms with van der Waals surface area (Å²) in [5.41, 5.74) is 1.05.